The Morgan fingerprint density at radius 2 is 2.10 bits per heavy atom. The van der Waals surface area contributed by atoms with Crippen LogP contribution >= 0.6 is 11.6 Å². The number of hydrogen-bond acceptors (Lipinski definition) is 5. The second kappa shape index (κ2) is 7.84. The smallest absolute Gasteiger partial charge is 0.179 e. The number of ether oxygens (including phenoxy) is 3. The summed E-state index contributed by atoms with van der Waals surface area (Å²) >= 11 is 6.32. The van der Waals surface area contributed by atoms with Gasteiger partial charge in [-0.15, -0.1) is 0 Å². The van der Waals surface area contributed by atoms with E-state index in [1.165, 1.54) is 0 Å². The number of methoxy groups -OCH3 is 1. The van der Waals surface area contributed by atoms with Crippen LogP contribution in [0.5, 0.6) is 11.5 Å². The SMILES string of the molecule is CCOc1cc(C(CN)N2CCOCC2)cc(Cl)c1OC. The highest BCUT2D eigenvalue weighted by atomic mass is 35.5. The van der Waals surface area contributed by atoms with Gasteiger partial charge in [-0.2, -0.15) is 0 Å². The molecule has 2 rings (SSSR count). The fourth-order valence-corrected chi connectivity index (χ4v) is 2.92. The highest BCUT2D eigenvalue weighted by molar-refractivity contribution is 6.32. The summed E-state index contributed by atoms with van der Waals surface area (Å²) in [6.45, 7) is 6.22. The van der Waals surface area contributed by atoms with Crippen molar-refractivity contribution in [2.24, 2.45) is 5.73 Å². The van der Waals surface area contributed by atoms with E-state index in [9.17, 15) is 0 Å². The van der Waals surface area contributed by atoms with Gasteiger partial charge >= 0.3 is 0 Å². The van der Waals surface area contributed by atoms with Crippen molar-refractivity contribution in [2.75, 3.05) is 46.6 Å². The molecule has 6 heteroatoms. The summed E-state index contributed by atoms with van der Waals surface area (Å²) in [4.78, 5) is 2.32. The Morgan fingerprint density at radius 3 is 2.67 bits per heavy atom. The third-order valence-corrected chi connectivity index (χ3v) is 3.91. The monoisotopic (exact) mass is 314 g/mol. The number of morpholine rings is 1. The predicted octanol–water partition coefficient (Wildman–Crippen LogP) is 2.08. The molecule has 1 saturated heterocycles. The van der Waals surface area contributed by atoms with E-state index >= 15 is 0 Å². The van der Waals surface area contributed by atoms with Gasteiger partial charge in [0.1, 0.15) is 0 Å². The van der Waals surface area contributed by atoms with Crippen molar-refractivity contribution >= 4 is 11.6 Å². The van der Waals surface area contributed by atoms with Gasteiger partial charge in [0.15, 0.2) is 11.5 Å². The van der Waals surface area contributed by atoms with E-state index in [0.29, 0.717) is 29.7 Å². The van der Waals surface area contributed by atoms with Crippen LogP contribution in [0.1, 0.15) is 18.5 Å². The molecule has 1 aliphatic heterocycles. The molecule has 21 heavy (non-hydrogen) atoms. The molecule has 0 amide bonds. The van der Waals surface area contributed by atoms with Crippen LogP contribution in [0.4, 0.5) is 0 Å². The molecule has 1 aromatic rings. The Hall–Kier alpha value is -1.01. The maximum Gasteiger partial charge on any atom is 0.179 e. The lowest BCUT2D eigenvalue weighted by Gasteiger charge is -2.34. The lowest BCUT2D eigenvalue weighted by molar-refractivity contribution is 0.0178. The van der Waals surface area contributed by atoms with Crippen LogP contribution in [-0.2, 0) is 4.74 Å². The van der Waals surface area contributed by atoms with Gasteiger partial charge < -0.3 is 19.9 Å². The van der Waals surface area contributed by atoms with Crippen molar-refractivity contribution in [3.63, 3.8) is 0 Å². The first-order valence-corrected chi connectivity index (χ1v) is 7.61. The summed E-state index contributed by atoms with van der Waals surface area (Å²) in [6, 6.07) is 3.99. The third-order valence-electron chi connectivity index (χ3n) is 3.63. The van der Waals surface area contributed by atoms with Gasteiger partial charge in [-0.3, -0.25) is 4.90 Å². The van der Waals surface area contributed by atoms with Crippen molar-refractivity contribution in [3.8, 4) is 11.5 Å². The van der Waals surface area contributed by atoms with E-state index in [1.807, 2.05) is 19.1 Å². The Bertz CT molecular complexity index is 464. The number of halogens is 1. The highest BCUT2D eigenvalue weighted by Crippen LogP contribution is 2.38. The van der Waals surface area contributed by atoms with Gasteiger partial charge in [-0.05, 0) is 24.6 Å². The van der Waals surface area contributed by atoms with Gasteiger partial charge in [-0.25, -0.2) is 0 Å². The van der Waals surface area contributed by atoms with Crippen LogP contribution in [0.2, 0.25) is 5.02 Å². The van der Waals surface area contributed by atoms with Crippen molar-refractivity contribution in [1.29, 1.82) is 0 Å². The molecule has 0 radical (unpaired) electrons. The quantitative estimate of drug-likeness (QED) is 0.871. The number of nitrogens with two attached hydrogens (primary N) is 1. The van der Waals surface area contributed by atoms with E-state index in [0.717, 1.165) is 31.9 Å². The van der Waals surface area contributed by atoms with Gasteiger partial charge in [0.2, 0.25) is 0 Å². The second-order valence-electron chi connectivity index (χ2n) is 4.87. The maximum absolute atomic E-state index is 6.32. The molecule has 1 heterocycles. The van der Waals surface area contributed by atoms with Crippen molar-refractivity contribution in [1.82, 2.24) is 4.90 Å². The summed E-state index contributed by atoms with van der Waals surface area (Å²) in [5.74, 6) is 1.23. The average Bonchev–Trinajstić information content (AvgIpc) is 2.49. The van der Waals surface area contributed by atoms with E-state index in [1.54, 1.807) is 7.11 Å². The third kappa shape index (κ3) is 3.80. The fourth-order valence-electron chi connectivity index (χ4n) is 2.63. The molecule has 0 spiro atoms. The minimum atomic E-state index is 0.108. The second-order valence-corrected chi connectivity index (χ2v) is 5.27. The van der Waals surface area contributed by atoms with E-state index in [-0.39, 0.29) is 6.04 Å². The Labute approximate surface area is 130 Å². The Kier molecular flexibility index (Phi) is 6.11. The maximum atomic E-state index is 6.32. The number of rotatable bonds is 6. The number of benzene rings is 1. The molecule has 1 unspecified atom stereocenters. The summed E-state index contributed by atoms with van der Waals surface area (Å²) in [6.07, 6.45) is 0. The first-order chi connectivity index (χ1) is 10.2. The molecular formula is C15H23ClN2O3. The molecule has 5 nitrogen and oxygen atoms in total. The zero-order chi connectivity index (χ0) is 15.2. The van der Waals surface area contributed by atoms with Gasteiger partial charge in [-0.1, -0.05) is 11.6 Å². The minimum Gasteiger partial charge on any atom is -0.491 e. The standard InChI is InChI=1S/C15H23ClN2O3/c1-3-21-14-9-11(8-12(16)15(14)19-2)13(10-17)18-4-6-20-7-5-18/h8-9,13H,3-7,10,17H2,1-2H3. The first-order valence-electron chi connectivity index (χ1n) is 7.23. The van der Waals surface area contributed by atoms with Crippen LogP contribution in [-0.4, -0.2) is 51.5 Å². The molecule has 1 aliphatic rings. The highest BCUT2D eigenvalue weighted by Gasteiger charge is 2.23. The summed E-state index contributed by atoms with van der Waals surface area (Å²) in [5, 5.41) is 0.546. The van der Waals surface area contributed by atoms with Crippen LogP contribution in [0.25, 0.3) is 0 Å². The summed E-state index contributed by atoms with van der Waals surface area (Å²) in [7, 11) is 1.59. The predicted molar refractivity (Wildman–Crippen MR) is 83.4 cm³/mol. The minimum absolute atomic E-state index is 0.108. The zero-order valence-electron chi connectivity index (χ0n) is 12.6. The molecule has 118 valence electrons. The van der Waals surface area contributed by atoms with Gasteiger partial charge in [0.25, 0.3) is 0 Å². The fraction of sp³-hybridized carbons (Fsp3) is 0.600. The van der Waals surface area contributed by atoms with Gasteiger partial charge in [0.05, 0.1) is 32.0 Å². The number of nitrogens with zero attached hydrogens (tertiary/aromatic N) is 1. The largest absolute Gasteiger partial charge is 0.491 e. The molecule has 1 fully saturated rings. The first kappa shape index (κ1) is 16.4. The van der Waals surface area contributed by atoms with Gasteiger partial charge in [0, 0.05) is 25.7 Å². The lowest BCUT2D eigenvalue weighted by Crippen LogP contribution is -2.41. The van der Waals surface area contributed by atoms with Crippen LogP contribution < -0.4 is 15.2 Å². The Balaban J connectivity index is 2.31. The van der Waals surface area contributed by atoms with Crippen molar-refractivity contribution < 1.29 is 14.2 Å². The normalized spacial score (nSPS) is 17.5. The molecular weight excluding hydrogens is 292 g/mol. The molecule has 0 bridgehead atoms. The van der Waals surface area contributed by atoms with E-state index in [4.69, 9.17) is 31.5 Å². The summed E-state index contributed by atoms with van der Waals surface area (Å²) in [5.41, 5.74) is 7.03. The van der Waals surface area contributed by atoms with Crippen LogP contribution in [0.3, 0.4) is 0 Å². The topological polar surface area (TPSA) is 57.0 Å². The molecule has 1 aromatic carbocycles. The molecule has 0 aliphatic carbocycles. The molecule has 0 saturated carbocycles. The average molecular weight is 315 g/mol. The lowest BCUT2D eigenvalue weighted by atomic mass is 10.0. The number of hydrogen-bond donors (Lipinski definition) is 1. The van der Waals surface area contributed by atoms with Crippen LogP contribution in [0.15, 0.2) is 12.1 Å². The van der Waals surface area contributed by atoms with Crippen molar-refractivity contribution in [3.05, 3.63) is 22.7 Å². The summed E-state index contributed by atoms with van der Waals surface area (Å²) < 4.78 is 16.4. The zero-order valence-corrected chi connectivity index (χ0v) is 13.4. The van der Waals surface area contributed by atoms with Crippen molar-refractivity contribution in [2.45, 2.75) is 13.0 Å². The van der Waals surface area contributed by atoms with E-state index < -0.39 is 0 Å². The van der Waals surface area contributed by atoms with E-state index in [2.05, 4.69) is 4.90 Å². The molecule has 1 atom stereocenters. The molecule has 2 N–H and O–H groups in total. The van der Waals surface area contributed by atoms with Crippen LogP contribution in [0, 0.1) is 0 Å². The Morgan fingerprint density at radius 1 is 1.38 bits per heavy atom. The molecule has 0 aromatic heterocycles.